The van der Waals surface area contributed by atoms with Crippen molar-refractivity contribution in [2.45, 2.75) is 26.2 Å². The summed E-state index contributed by atoms with van der Waals surface area (Å²) in [6.07, 6.45) is 7.71. The summed E-state index contributed by atoms with van der Waals surface area (Å²) in [6.45, 7) is 8.38. The van der Waals surface area contributed by atoms with Crippen LogP contribution in [0.15, 0.2) is 12.4 Å². The predicted octanol–water partition coefficient (Wildman–Crippen LogP) is 1.63. The number of hydrogen-bond acceptors (Lipinski definition) is 3. The van der Waals surface area contributed by atoms with Crippen molar-refractivity contribution in [1.82, 2.24) is 19.4 Å². The highest BCUT2D eigenvalue weighted by molar-refractivity contribution is 4.91. The van der Waals surface area contributed by atoms with E-state index in [9.17, 15) is 0 Å². The first-order chi connectivity index (χ1) is 9.19. The van der Waals surface area contributed by atoms with Gasteiger partial charge in [-0.25, -0.2) is 4.98 Å². The Kier molecular flexibility index (Phi) is 5.40. The first-order valence-corrected chi connectivity index (χ1v) is 7.56. The van der Waals surface area contributed by atoms with Gasteiger partial charge in [-0.15, -0.1) is 0 Å². The Balaban J connectivity index is 1.72. The Hall–Kier alpha value is -0.870. The van der Waals surface area contributed by atoms with E-state index in [4.69, 9.17) is 0 Å². The lowest BCUT2D eigenvalue weighted by Crippen LogP contribution is -2.40. The van der Waals surface area contributed by atoms with Gasteiger partial charge in [0.2, 0.25) is 0 Å². The lowest BCUT2D eigenvalue weighted by atomic mass is 9.97. The molecule has 1 aromatic rings. The molecule has 19 heavy (non-hydrogen) atoms. The fourth-order valence-corrected chi connectivity index (χ4v) is 3.05. The summed E-state index contributed by atoms with van der Waals surface area (Å²) in [4.78, 5) is 9.44. The summed E-state index contributed by atoms with van der Waals surface area (Å²) in [6, 6.07) is 0. The molecule has 1 saturated heterocycles. The zero-order valence-electron chi connectivity index (χ0n) is 12.7. The highest BCUT2D eigenvalue weighted by Gasteiger charge is 2.19. The van der Waals surface area contributed by atoms with E-state index in [1.807, 2.05) is 12.4 Å². The molecule has 0 spiro atoms. The highest BCUT2D eigenvalue weighted by Crippen LogP contribution is 2.17. The number of hydrogen-bond donors (Lipinski definition) is 0. The Morgan fingerprint density at radius 1 is 1.47 bits per heavy atom. The minimum Gasteiger partial charge on any atom is -0.338 e. The maximum atomic E-state index is 4.39. The number of rotatable bonds is 6. The predicted molar refractivity (Wildman–Crippen MR) is 79.2 cm³/mol. The third-order valence-electron chi connectivity index (χ3n) is 4.26. The number of likely N-dealkylation sites (tertiary alicyclic amines) is 1. The molecule has 1 unspecified atom stereocenters. The van der Waals surface area contributed by atoms with Crippen LogP contribution in [0, 0.1) is 5.92 Å². The molecule has 0 N–H and O–H groups in total. The van der Waals surface area contributed by atoms with E-state index in [1.165, 1.54) is 44.8 Å². The number of aromatic nitrogens is 2. The van der Waals surface area contributed by atoms with E-state index in [0.29, 0.717) is 0 Å². The standard InChI is InChI=1S/C15H28N4/c1-4-19-9-5-6-14(13-19)12-17(2)10-7-15-16-8-11-18(15)3/h8,11,14H,4-7,9-10,12-13H2,1-3H3. The summed E-state index contributed by atoms with van der Waals surface area (Å²) in [7, 11) is 4.32. The zero-order valence-corrected chi connectivity index (χ0v) is 12.7. The Morgan fingerprint density at radius 3 is 3.00 bits per heavy atom. The second-order valence-electron chi connectivity index (χ2n) is 5.87. The summed E-state index contributed by atoms with van der Waals surface area (Å²) in [5.41, 5.74) is 0. The average molecular weight is 264 g/mol. The minimum absolute atomic E-state index is 0.847. The molecule has 0 aliphatic carbocycles. The van der Waals surface area contributed by atoms with Crippen molar-refractivity contribution >= 4 is 0 Å². The van der Waals surface area contributed by atoms with E-state index < -0.39 is 0 Å². The minimum atomic E-state index is 0.847. The Morgan fingerprint density at radius 2 is 2.32 bits per heavy atom. The third-order valence-corrected chi connectivity index (χ3v) is 4.26. The number of nitrogens with zero attached hydrogens (tertiary/aromatic N) is 4. The largest absolute Gasteiger partial charge is 0.338 e. The molecule has 1 aliphatic rings. The summed E-state index contributed by atoms with van der Waals surface area (Å²) in [5.74, 6) is 2.03. The average Bonchev–Trinajstić information content (AvgIpc) is 2.82. The van der Waals surface area contributed by atoms with Gasteiger partial charge in [0.05, 0.1) is 0 Å². The van der Waals surface area contributed by atoms with Crippen LogP contribution in [-0.4, -0.2) is 59.1 Å². The van der Waals surface area contributed by atoms with Crippen LogP contribution in [0.3, 0.4) is 0 Å². The third kappa shape index (κ3) is 4.32. The monoisotopic (exact) mass is 264 g/mol. The quantitative estimate of drug-likeness (QED) is 0.780. The van der Waals surface area contributed by atoms with Gasteiger partial charge in [0, 0.05) is 45.5 Å². The molecule has 4 nitrogen and oxygen atoms in total. The van der Waals surface area contributed by atoms with Crippen molar-refractivity contribution < 1.29 is 0 Å². The molecule has 0 radical (unpaired) electrons. The molecule has 1 aromatic heterocycles. The van der Waals surface area contributed by atoms with E-state index in [-0.39, 0.29) is 0 Å². The summed E-state index contributed by atoms with van der Waals surface area (Å²) >= 11 is 0. The zero-order chi connectivity index (χ0) is 13.7. The molecule has 2 rings (SSSR count). The molecule has 1 atom stereocenters. The van der Waals surface area contributed by atoms with Crippen LogP contribution < -0.4 is 0 Å². The number of aryl methyl sites for hydroxylation is 1. The second kappa shape index (κ2) is 7.06. The molecule has 1 fully saturated rings. The van der Waals surface area contributed by atoms with Crippen molar-refractivity contribution in [1.29, 1.82) is 0 Å². The molecular formula is C15H28N4. The van der Waals surface area contributed by atoms with Gasteiger partial charge < -0.3 is 14.4 Å². The van der Waals surface area contributed by atoms with Crippen LogP contribution >= 0.6 is 0 Å². The van der Waals surface area contributed by atoms with Gasteiger partial charge in [-0.05, 0) is 38.9 Å². The molecule has 4 heteroatoms. The van der Waals surface area contributed by atoms with Gasteiger partial charge in [-0.2, -0.15) is 0 Å². The fourth-order valence-electron chi connectivity index (χ4n) is 3.05. The molecular weight excluding hydrogens is 236 g/mol. The van der Waals surface area contributed by atoms with Gasteiger partial charge in [-0.3, -0.25) is 0 Å². The maximum absolute atomic E-state index is 4.39. The first kappa shape index (κ1) is 14.5. The summed E-state index contributed by atoms with van der Waals surface area (Å²) in [5, 5.41) is 0. The molecule has 0 aromatic carbocycles. The van der Waals surface area contributed by atoms with Gasteiger partial charge in [-0.1, -0.05) is 6.92 Å². The first-order valence-electron chi connectivity index (χ1n) is 7.56. The number of likely N-dealkylation sites (N-methyl/N-ethyl adjacent to an activating group) is 1. The van der Waals surface area contributed by atoms with E-state index in [0.717, 1.165) is 18.9 Å². The normalized spacial score (nSPS) is 21.2. The van der Waals surface area contributed by atoms with E-state index in [2.05, 4.69) is 40.4 Å². The lowest BCUT2D eigenvalue weighted by Gasteiger charge is -2.34. The van der Waals surface area contributed by atoms with Crippen molar-refractivity contribution in [2.75, 3.05) is 39.8 Å². The van der Waals surface area contributed by atoms with Gasteiger partial charge in [0.1, 0.15) is 5.82 Å². The second-order valence-corrected chi connectivity index (χ2v) is 5.87. The number of imidazole rings is 1. The molecule has 0 amide bonds. The number of piperidine rings is 1. The molecule has 0 saturated carbocycles. The van der Waals surface area contributed by atoms with Crippen LogP contribution in [-0.2, 0) is 13.5 Å². The van der Waals surface area contributed by atoms with Crippen LogP contribution in [0.1, 0.15) is 25.6 Å². The molecule has 1 aliphatic heterocycles. The Labute approximate surface area is 117 Å². The molecule has 2 heterocycles. The van der Waals surface area contributed by atoms with E-state index >= 15 is 0 Å². The Bertz CT molecular complexity index is 374. The smallest absolute Gasteiger partial charge is 0.109 e. The van der Waals surface area contributed by atoms with Crippen molar-refractivity contribution in [3.63, 3.8) is 0 Å². The molecule has 0 bridgehead atoms. The topological polar surface area (TPSA) is 24.3 Å². The van der Waals surface area contributed by atoms with E-state index in [1.54, 1.807) is 0 Å². The SMILES string of the molecule is CCN1CCCC(CN(C)CCc2nccn2C)C1. The van der Waals surface area contributed by atoms with Gasteiger partial charge >= 0.3 is 0 Å². The van der Waals surface area contributed by atoms with Crippen LogP contribution in [0.5, 0.6) is 0 Å². The van der Waals surface area contributed by atoms with Crippen molar-refractivity contribution in [3.05, 3.63) is 18.2 Å². The van der Waals surface area contributed by atoms with Crippen LogP contribution in [0.2, 0.25) is 0 Å². The molecule has 108 valence electrons. The highest BCUT2D eigenvalue weighted by atomic mass is 15.2. The lowest BCUT2D eigenvalue weighted by molar-refractivity contribution is 0.149. The summed E-state index contributed by atoms with van der Waals surface area (Å²) < 4.78 is 2.12. The van der Waals surface area contributed by atoms with Crippen LogP contribution in [0.25, 0.3) is 0 Å². The van der Waals surface area contributed by atoms with Crippen molar-refractivity contribution in [2.24, 2.45) is 13.0 Å². The maximum Gasteiger partial charge on any atom is 0.109 e. The van der Waals surface area contributed by atoms with Crippen LogP contribution in [0.4, 0.5) is 0 Å². The van der Waals surface area contributed by atoms with Gasteiger partial charge in [0.25, 0.3) is 0 Å². The van der Waals surface area contributed by atoms with Crippen molar-refractivity contribution in [3.8, 4) is 0 Å². The fraction of sp³-hybridized carbons (Fsp3) is 0.800. The van der Waals surface area contributed by atoms with Gasteiger partial charge in [0.15, 0.2) is 0 Å².